The highest BCUT2D eigenvalue weighted by Gasteiger charge is 2.43. The van der Waals surface area contributed by atoms with Crippen LogP contribution in [-0.2, 0) is 15.0 Å². The molecule has 0 spiro atoms. The first-order valence-electron chi connectivity index (χ1n) is 11.5. The van der Waals surface area contributed by atoms with Crippen LogP contribution in [0.2, 0.25) is 0 Å². The van der Waals surface area contributed by atoms with Crippen molar-refractivity contribution in [1.82, 2.24) is 9.80 Å². The predicted octanol–water partition coefficient (Wildman–Crippen LogP) is 4.21. The van der Waals surface area contributed by atoms with Gasteiger partial charge in [-0.25, -0.2) is 4.90 Å². The SMILES string of the molecule is CCN1CCN(C2=C(c3ccc(C)cc3)C(=O)N(c3ccc(C(C)(C)C)cc3)C2=O)CC1. The molecule has 2 aliphatic rings. The van der Waals surface area contributed by atoms with E-state index in [1.165, 1.54) is 10.5 Å². The summed E-state index contributed by atoms with van der Waals surface area (Å²) < 4.78 is 0. The second-order valence-corrected chi connectivity index (χ2v) is 9.75. The van der Waals surface area contributed by atoms with E-state index in [1.54, 1.807) is 0 Å². The maximum Gasteiger partial charge on any atom is 0.282 e. The van der Waals surface area contributed by atoms with E-state index in [0.717, 1.165) is 43.9 Å². The van der Waals surface area contributed by atoms with E-state index >= 15 is 0 Å². The van der Waals surface area contributed by atoms with Crippen LogP contribution in [0.3, 0.4) is 0 Å². The molecule has 168 valence electrons. The topological polar surface area (TPSA) is 43.9 Å². The van der Waals surface area contributed by atoms with Crippen molar-refractivity contribution < 1.29 is 9.59 Å². The van der Waals surface area contributed by atoms with Crippen LogP contribution in [0.25, 0.3) is 5.57 Å². The van der Waals surface area contributed by atoms with E-state index < -0.39 is 0 Å². The average Bonchev–Trinajstić information content (AvgIpc) is 3.04. The number of amides is 2. The molecule has 0 bridgehead atoms. The van der Waals surface area contributed by atoms with Crippen molar-refractivity contribution in [2.45, 2.75) is 40.0 Å². The Kier molecular flexibility index (Phi) is 5.95. The average molecular weight is 432 g/mol. The fraction of sp³-hybridized carbons (Fsp3) is 0.407. The smallest absolute Gasteiger partial charge is 0.282 e. The fourth-order valence-electron chi connectivity index (χ4n) is 4.42. The normalized spacial score (nSPS) is 18.2. The van der Waals surface area contributed by atoms with Gasteiger partial charge in [-0.3, -0.25) is 9.59 Å². The van der Waals surface area contributed by atoms with E-state index in [4.69, 9.17) is 0 Å². The Hall–Kier alpha value is -2.92. The highest BCUT2D eigenvalue weighted by atomic mass is 16.2. The number of rotatable bonds is 4. The molecule has 2 aromatic carbocycles. The van der Waals surface area contributed by atoms with Crippen molar-refractivity contribution in [3.8, 4) is 0 Å². The highest BCUT2D eigenvalue weighted by molar-refractivity contribution is 6.45. The van der Waals surface area contributed by atoms with E-state index in [0.29, 0.717) is 17.0 Å². The van der Waals surface area contributed by atoms with Gasteiger partial charge in [0, 0.05) is 26.2 Å². The molecule has 2 amide bonds. The summed E-state index contributed by atoms with van der Waals surface area (Å²) in [5.74, 6) is -0.464. The molecule has 2 aromatic rings. The predicted molar refractivity (Wildman–Crippen MR) is 129 cm³/mol. The Labute approximate surface area is 191 Å². The van der Waals surface area contributed by atoms with Gasteiger partial charge in [0.15, 0.2) is 0 Å². The number of carbonyl (C=O) groups excluding carboxylic acids is 2. The van der Waals surface area contributed by atoms with Crippen LogP contribution in [0.5, 0.6) is 0 Å². The molecule has 0 atom stereocenters. The van der Waals surface area contributed by atoms with Crippen LogP contribution in [-0.4, -0.2) is 54.3 Å². The van der Waals surface area contributed by atoms with Gasteiger partial charge in [-0.1, -0.05) is 69.7 Å². The summed E-state index contributed by atoms with van der Waals surface area (Å²) in [6, 6.07) is 15.7. The molecule has 5 heteroatoms. The van der Waals surface area contributed by atoms with Crippen molar-refractivity contribution in [2.75, 3.05) is 37.6 Å². The van der Waals surface area contributed by atoms with Gasteiger partial charge in [0.05, 0.1) is 11.3 Å². The third-order valence-corrected chi connectivity index (χ3v) is 6.53. The number of anilines is 1. The summed E-state index contributed by atoms with van der Waals surface area (Å²) in [7, 11) is 0. The molecule has 1 fully saturated rings. The molecule has 0 unspecified atom stereocenters. The van der Waals surface area contributed by atoms with Crippen LogP contribution in [0.15, 0.2) is 54.2 Å². The van der Waals surface area contributed by atoms with Crippen LogP contribution in [0.4, 0.5) is 5.69 Å². The largest absolute Gasteiger partial charge is 0.364 e. The Morgan fingerprint density at radius 2 is 1.41 bits per heavy atom. The molecule has 4 rings (SSSR count). The molecule has 0 saturated carbocycles. The maximum atomic E-state index is 13.7. The Balaban J connectivity index is 1.74. The first kappa shape index (κ1) is 22.3. The summed E-state index contributed by atoms with van der Waals surface area (Å²) >= 11 is 0. The molecule has 0 radical (unpaired) electrons. The van der Waals surface area contributed by atoms with Crippen molar-refractivity contribution in [3.05, 3.63) is 70.9 Å². The van der Waals surface area contributed by atoms with Gasteiger partial charge in [-0.15, -0.1) is 0 Å². The number of hydrogen-bond donors (Lipinski definition) is 0. The Morgan fingerprint density at radius 3 is 1.94 bits per heavy atom. The lowest BCUT2D eigenvalue weighted by Gasteiger charge is -2.36. The zero-order valence-corrected chi connectivity index (χ0v) is 19.8. The molecular formula is C27H33N3O2. The zero-order chi connectivity index (χ0) is 23.0. The van der Waals surface area contributed by atoms with Gasteiger partial charge < -0.3 is 9.80 Å². The summed E-state index contributed by atoms with van der Waals surface area (Å²) in [5, 5.41) is 0. The molecule has 1 saturated heterocycles. The lowest BCUT2D eigenvalue weighted by atomic mass is 9.87. The molecule has 32 heavy (non-hydrogen) atoms. The van der Waals surface area contributed by atoms with Crippen LogP contribution in [0.1, 0.15) is 44.4 Å². The van der Waals surface area contributed by atoms with Gasteiger partial charge in [0.25, 0.3) is 11.8 Å². The summed E-state index contributed by atoms with van der Waals surface area (Å²) in [6.45, 7) is 14.9. The Bertz CT molecular complexity index is 1040. The first-order chi connectivity index (χ1) is 15.2. The molecule has 0 aliphatic carbocycles. The maximum absolute atomic E-state index is 13.7. The second-order valence-electron chi connectivity index (χ2n) is 9.75. The van der Waals surface area contributed by atoms with Crippen molar-refractivity contribution in [2.24, 2.45) is 0 Å². The Morgan fingerprint density at radius 1 is 0.812 bits per heavy atom. The number of imide groups is 1. The molecule has 2 heterocycles. The summed E-state index contributed by atoms with van der Waals surface area (Å²) in [5.41, 5.74) is 4.78. The lowest BCUT2D eigenvalue weighted by Crippen LogP contribution is -2.47. The standard InChI is InChI=1S/C27H33N3O2/c1-6-28-15-17-29(18-16-28)24-23(20-9-7-19(2)8-10-20)25(31)30(26(24)32)22-13-11-21(12-14-22)27(3,4)5/h7-14H,6,15-18H2,1-5H3. The van der Waals surface area contributed by atoms with Gasteiger partial charge in [0.1, 0.15) is 5.70 Å². The van der Waals surface area contributed by atoms with Crippen molar-refractivity contribution >= 4 is 23.1 Å². The number of nitrogens with zero attached hydrogens (tertiary/aromatic N) is 3. The lowest BCUT2D eigenvalue weighted by molar-refractivity contribution is -0.120. The fourth-order valence-corrected chi connectivity index (χ4v) is 4.42. The van der Waals surface area contributed by atoms with E-state index in [9.17, 15) is 9.59 Å². The van der Waals surface area contributed by atoms with E-state index in [1.807, 2.05) is 55.5 Å². The summed E-state index contributed by atoms with van der Waals surface area (Å²) in [4.78, 5) is 33.2. The van der Waals surface area contributed by atoms with Gasteiger partial charge in [0.2, 0.25) is 0 Å². The second kappa shape index (κ2) is 8.55. The minimum absolute atomic E-state index is 0.00692. The minimum Gasteiger partial charge on any atom is -0.364 e. The zero-order valence-electron chi connectivity index (χ0n) is 19.8. The number of hydrogen-bond acceptors (Lipinski definition) is 4. The van der Waals surface area contributed by atoms with Gasteiger partial charge in [-0.2, -0.15) is 0 Å². The third kappa shape index (κ3) is 4.09. The molecule has 2 aliphatic heterocycles. The molecule has 0 aromatic heterocycles. The molecule has 5 nitrogen and oxygen atoms in total. The van der Waals surface area contributed by atoms with Gasteiger partial charge in [-0.05, 0) is 42.1 Å². The first-order valence-corrected chi connectivity index (χ1v) is 11.5. The van der Waals surface area contributed by atoms with Crippen LogP contribution in [0, 0.1) is 6.92 Å². The third-order valence-electron chi connectivity index (χ3n) is 6.53. The molecule has 0 N–H and O–H groups in total. The van der Waals surface area contributed by atoms with Crippen molar-refractivity contribution in [3.63, 3.8) is 0 Å². The quantitative estimate of drug-likeness (QED) is 0.680. The minimum atomic E-state index is -0.240. The number of likely N-dealkylation sites (N-methyl/N-ethyl adjacent to an activating group) is 1. The van der Waals surface area contributed by atoms with Crippen LogP contribution >= 0.6 is 0 Å². The monoisotopic (exact) mass is 431 g/mol. The number of benzene rings is 2. The van der Waals surface area contributed by atoms with Gasteiger partial charge >= 0.3 is 0 Å². The number of aryl methyl sites for hydroxylation is 1. The van der Waals surface area contributed by atoms with Crippen LogP contribution < -0.4 is 4.90 Å². The van der Waals surface area contributed by atoms with Crippen molar-refractivity contribution in [1.29, 1.82) is 0 Å². The summed E-state index contributed by atoms with van der Waals surface area (Å²) in [6.07, 6.45) is 0. The van der Waals surface area contributed by atoms with E-state index in [2.05, 4.69) is 37.5 Å². The molecular weight excluding hydrogens is 398 g/mol. The number of carbonyl (C=O) groups is 2. The highest BCUT2D eigenvalue weighted by Crippen LogP contribution is 2.36. The number of piperazine rings is 1. The van der Waals surface area contributed by atoms with E-state index in [-0.39, 0.29) is 17.2 Å².